The maximum absolute atomic E-state index is 13.3. The largest absolute Gasteiger partial charge is 0.461 e. The summed E-state index contributed by atoms with van der Waals surface area (Å²) >= 11 is 5.93. The van der Waals surface area contributed by atoms with Gasteiger partial charge in [0.15, 0.2) is 5.71 Å². The van der Waals surface area contributed by atoms with Crippen LogP contribution < -0.4 is 9.91 Å². The van der Waals surface area contributed by atoms with Gasteiger partial charge in [0.05, 0.1) is 22.9 Å². The van der Waals surface area contributed by atoms with Gasteiger partial charge in [-0.15, -0.1) is 0 Å². The standard InChI is InChI=1S/C20H15ClN4O6/c1-2-31-20(28)16-15-17(24(22-16)13-5-3-11(21)4-6-13)19(27)23(18(15)26)12-7-9-14(10-8-12)25(29)30/h3-10,15,17H,2H2,1H3/t15-,17-/m0/s1. The smallest absolute Gasteiger partial charge is 0.355 e. The van der Waals surface area contributed by atoms with Crippen molar-refractivity contribution in [3.63, 3.8) is 0 Å². The number of nitro benzene ring substituents is 1. The van der Waals surface area contributed by atoms with E-state index in [1.54, 1.807) is 31.2 Å². The quantitative estimate of drug-likeness (QED) is 0.302. The Labute approximate surface area is 180 Å². The summed E-state index contributed by atoms with van der Waals surface area (Å²) in [6, 6.07) is 10.3. The highest BCUT2D eigenvalue weighted by Gasteiger charge is 2.59. The van der Waals surface area contributed by atoms with Gasteiger partial charge in [0.2, 0.25) is 5.91 Å². The number of carbonyl (C=O) groups is 3. The van der Waals surface area contributed by atoms with Crippen molar-refractivity contribution in [2.75, 3.05) is 16.5 Å². The van der Waals surface area contributed by atoms with Crippen molar-refractivity contribution in [1.82, 2.24) is 0 Å². The van der Waals surface area contributed by atoms with Gasteiger partial charge in [-0.1, -0.05) is 11.6 Å². The fraction of sp³-hybridized carbons (Fsp3) is 0.200. The van der Waals surface area contributed by atoms with E-state index in [0.717, 1.165) is 4.90 Å². The van der Waals surface area contributed by atoms with Crippen molar-refractivity contribution in [1.29, 1.82) is 0 Å². The number of carbonyl (C=O) groups excluding carboxylic acids is 3. The molecule has 0 spiro atoms. The van der Waals surface area contributed by atoms with Gasteiger partial charge in [0, 0.05) is 17.2 Å². The second kappa shape index (κ2) is 7.80. The second-order valence-corrected chi connectivity index (χ2v) is 7.17. The van der Waals surface area contributed by atoms with Crippen LogP contribution in [0.2, 0.25) is 5.02 Å². The highest BCUT2D eigenvalue weighted by Crippen LogP contribution is 2.38. The number of hydrogen-bond acceptors (Lipinski definition) is 8. The first-order valence-corrected chi connectivity index (χ1v) is 9.64. The molecule has 0 radical (unpaired) electrons. The van der Waals surface area contributed by atoms with Gasteiger partial charge in [-0.25, -0.2) is 9.69 Å². The summed E-state index contributed by atoms with van der Waals surface area (Å²) in [4.78, 5) is 50.2. The van der Waals surface area contributed by atoms with Crippen LogP contribution in [0.25, 0.3) is 0 Å². The average Bonchev–Trinajstić information content (AvgIpc) is 3.26. The molecule has 10 nitrogen and oxygen atoms in total. The molecule has 4 rings (SSSR count). The summed E-state index contributed by atoms with van der Waals surface area (Å²) in [5.41, 5.74) is 0.267. The molecule has 0 aromatic heterocycles. The van der Waals surface area contributed by atoms with Crippen molar-refractivity contribution in [2.24, 2.45) is 11.0 Å². The number of nitrogens with zero attached hydrogens (tertiary/aromatic N) is 4. The Morgan fingerprint density at radius 2 is 1.71 bits per heavy atom. The molecule has 0 aliphatic carbocycles. The van der Waals surface area contributed by atoms with E-state index in [0.29, 0.717) is 10.7 Å². The molecule has 0 unspecified atom stereocenters. The van der Waals surface area contributed by atoms with E-state index in [9.17, 15) is 24.5 Å². The van der Waals surface area contributed by atoms with Crippen LogP contribution in [0.3, 0.4) is 0 Å². The predicted molar refractivity (Wildman–Crippen MR) is 111 cm³/mol. The first-order valence-electron chi connectivity index (χ1n) is 9.26. The van der Waals surface area contributed by atoms with Gasteiger partial charge >= 0.3 is 5.97 Å². The third-order valence-electron chi connectivity index (χ3n) is 4.94. The van der Waals surface area contributed by atoms with E-state index < -0.39 is 34.7 Å². The summed E-state index contributed by atoms with van der Waals surface area (Å²) in [5.74, 6) is -3.23. The topological polar surface area (TPSA) is 122 Å². The first-order chi connectivity index (χ1) is 14.8. The Hall–Kier alpha value is -3.79. The molecule has 2 aromatic carbocycles. The van der Waals surface area contributed by atoms with Crippen molar-refractivity contribution in [2.45, 2.75) is 13.0 Å². The molecule has 2 heterocycles. The van der Waals surface area contributed by atoms with E-state index in [-0.39, 0.29) is 23.7 Å². The van der Waals surface area contributed by atoms with Crippen LogP contribution in [0.4, 0.5) is 17.1 Å². The Morgan fingerprint density at radius 1 is 1.10 bits per heavy atom. The molecule has 0 bridgehead atoms. The van der Waals surface area contributed by atoms with Crippen LogP contribution in [0, 0.1) is 16.0 Å². The minimum Gasteiger partial charge on any atom is -0.461 e. The van der Waals surface area contributed by atoms with Crippen molar-refractivity contribution in [3.05, 3.63) is 63.7 Å². The lowest BCUT2D eigenvalue weighted by Crippen LogP contribution is -2.39. The number of hydrazone groups is 1. The Morgan fingerprint density at radius 3 is 2.29 bits per heavy atom. The number of rotatable bonds is 5. The number of imide groups is 1. The minimum absolute atomic E-state index is 0.0738. The van der Waals surface area contributed by atoms with Crippen LogP contribution in [0.1, 0.15) is 6.92 Å². The summed E-state index contributed by atoms with van der Waals surface area (Å²) < 4.78 is 5.03. The highest BCUT2D eigenvalue weighted by atomic mass is 35.5. The van der Waals surface area contributed by atoms with Crippen LogP contribution in [0.5, 0.6) is 0 Å². The lowest BCUT2D eigenvalue weighted by Gasteiger charge is -2.22. The number of halogens is 1. The molecule has 0 saturated carbocycles. The molecule has 2 aliphatic rings. The molecule has 11 heteroatoms. The Bertz CT molecular complexity index is 1120. The molecular weight excluding hydrogens is 428 g/mol. The van der Waals surface area contributed by atoms with Crippen molar-refractivity contribution < 1.29 is 24.0 Å². The van der Waals surface area contributed by atoms with Crippen LogP contribution in [-0.4, -0.2) is 41.1 Å². The van der Waals surface area contributed by atoms with E-state index in [4.69, 9.17) is 16.3 Å². The maximum Gasteiger partial charge on any atom is 0.355 e. The molecule has 2 amide bonds. The van der Waals surface area contributed by atoms with Gasteiger partial charge in [0.25, 0.3) is 11.6 Å². The van der Waals surface area contributed by atoms with E-state index in [1.807, 2.05) is 0 Å². The monoisotopic (exact) mass is 442 g/mol. The molecule has 31 heavy (non-hydrogen) atoms. The number of anilines is 2. The molecule has 2 atom stereocenters. The number of hydrogen-bond donors (Lipinski definition) is 0. The molecule has 1 fully saturated rings. The van der Waals surface area contributed by atoms with Crippen LogP contribution in [0.15, 0.2) is 53.6 Å². The van der Waals surface area contributed by atoms with Gasteiger partial charge in [-0.3, -0.25) is 24.7 Å². The van der Waals surface area contributed by atoms with Gasteiger partial charge in [-0.2, -0.15) is 5.10 Å². The number of non-ortho nitro benzene ring substituents is 1. The Balaban J connectivity index is 1.76. The number of benzene rings is 2. The summed E-state index contributed by atoms with van der Waals surface area (Å²) in [5, 5.41) is 16.9. The zero-order chi connectivity index (χ0) is 22.3. The van der Waals surface area contributed by atoms with Gasteiger partial charge in [-0.05, 0) is 43.3 Å². The first kappa shape index (κ1) is 20.5. The maximum atomic E-state index is 13.3. The number of fused-ring (bicyclic) bond motifs is 1. The van der Waals surface area contributed by atoms with E-state index in [2.05, 4.69) is 5.10 Å². The lowest BCUT2D eigenvalue weighted by molar-refractivity contribution is -0.384. The fourth-order valence-corrected chi connectivity index (χ4v) is 3.70. The third-order valence-corrected chi connectivity index (χ3v) is 5.20. The predicted octanol–water partition coefficient (Wildman–Crippen LogP) is 2.55. The molecule has 2 aromatic rings. The van der Waals surface area contributed by atoms with Crippen molar-refractivity contribution >= 4 is 52.2 Å². The van der Waals surface area contributed by atoms with E-state index >= 15 is 0 Å². The number of ether oxygens (including phenoxy) is 1. The number of esters is 1. The fourth-order valence-electron chi connectivity index (χ4n) is 3.57. The van der Waals surface area contributed by atoms with Gasteiger partial charge in [0.1, 0.15) is 12.0 Å². The van der Waals surface area contributed by atoms with E-state index in [1.165, 1.54) is 29.3 Å². The summed E-state index contributed by atoms with van der Waals surface area (Å²) in [6.07, 6.45) is 0. The average molecular weight is 443 g/mol. The normalized spacial score (nSPS) is 20.0. The molecule has 158 valence electrons. The summed E-state index contributed by atoms with van der Waals surface area (Å²) in [6.45, 7) is 1.69. The molecule has 1 saturated heterocycles. The Kier molecular flexibility index (Phi) is 5.15. The number of amides is 2. The third kappa shape index (κ3) is 3.40. The lowest BCUT2D eigenvalue weighted by atomic mass is 9.98. The van der Waals surface area contributed by atoms with Crippen LogP contribution in [-0.2, 0) is 19.1 Å². The number of nitro groups is 1. The minimum atomic E-state index is -1.17. The summed E-state index contributed by atoms with van der Waals surface area (Å²) in [7, 11) is 0. The van der Waals surface area contributed by atoms with Crippen LogP contribution >= 0.6 is 11.6 Å². The molecular formula is C20H15ClN4O6. The van der Waals surface area contributed by atoms with Gasteiger partial charge < -0.3 is 4.74 Å². The van der Waals surface area contributed by atoms with Crippen molar-refractivity contribution in [3.8, 4) is 0 Å². The zero-order valence-electron chi connectivity index (χ0n) is 16.1. The molecule has 0 N–H and O–H groups in total. The second-order valence-electron chi connectivity index (χ2n) is 6.73. The molecule has 2 aliphatic heterocycles. The SMILES string of the molecule is CCOC(=O)C1=NN(c2ccc(Cl)cc2)[C@@H]2C(=O)N(c3ccc([N+](=O)[O-])cc3)C(=O)[C@@H]12. The highest BCUT2D eigenvalue weighted by molar-refractivity contribution is 6.47. The zero-order valence-corrected chi connectivity index (χ0v) is 16.9.